The number of anilines is 1. The van der Waals surface area contributed by atoms with E-state index < -0.39 is 10.0 Å². The molecular weight excluding hydrogens is 468 g/mol. The molecule has 186 valence electrons. The van der Waals surface area contributed by atoms with Gasteiger partial charge in [-0.1, -0.05) is 48.5 Å². The number of rotatable bonds is 9. The zero-order chi connectivity index (χ0) is 25.0. The first-order valence-electron chi connectivity index (χ1n) is 11.4. The molecule has 2 N–H and O–H groups in total. The number of hydrogen-bond acceptors (Lipinski definition) is 7. The molecule has 1 amide bonds. The van der Waals surface area contributed by atoms with Crippen LogP contribution in [0.4, 0.5) is 5.69 Å². The summed E-state index contributed by atoms with van der Waals surface area (Å²) in [5.74, 6) is 0.0307. The van der Waals surface area contributed by atoms with E-state index in [1.54, 1.807) is 36.2 Å². The number of nitrogens with one attached hydrogen (secondary N) is 1. The molecule has 2 aromatic carbocycles. The maximum absolute atomic E-state index is 13.2. The molecule has 0 unspecified atom stereocenters. The van der Waals surface area contributed by atoms with Gasteiger partial charge in [-0.3, -0.25) is 14.4 Å². The summed E-state index contributed by atoms with van der Waals surface area (Å²) in [4.78, 5) is 21.3. The van der Waals surface area contributed by atoms with Crippen LogP contribution in [-0.4, -0.2) is 79.9 Å². The van der Waals surface area contributed by atoms with Crippen molar-refractivity contribution in [1.29, 1.82) is 0 Å². The van der Waals surface area contributed by atoms with Gasteiger partial charge in [-0.25, -0.2) is 13.4 Å². The SMILES string of the molecule is CN(C(=O)COc1ncc(NS(C)(=O)=O)c2ccccc12)[C@H](CN1CC[C@H](O)C1)c1ccccc1. The number of aromatic nitrogens is 1. The van der Waals surface area contributed by atoms with Crippen molar-refractivity contribution in [2.24, 2.45) is 0 Å². The molecule has 3 aromatic rings. The molecule has 0 radical (unpaired) electrons. The van der Waals surface area contributed by atoms with Gasteiger partial charge in [-0.05, 0) is 18.1 Å². The molecule has 2 atom stereocenters. The minimum atomic E-state index is -3.48. The standard InChI is InChI=1S/C25H30N4O5S/c1-28(23(18-8-4-3-5-9-18)16-29-13-12-19(30)15-29)24(31)17-34-25-21-11-7-6-10-20(21)22(14-26-25)27-35(2,32)33/h3-11,14,19,23,27,30H,12-13,15-17H2,1-2H3/t19-,23+/m0/s1. The first-order chi connectivity index (χ1) is 16.7. The van der Waals surface area contributed by atoms with Crippen LogP contribution in [-0.2, 0) is 14.8 Å². The number of carbonyl (C=O) groups is 1. The van der Waals surface area contributed by atoms with Crippen molar-refractivity contribution in [3.8, 4) is 5.88 Å². The van der Waals surface area contributed by atoms with Crippen molar-refractivity contribution in [2.75, 3.05) is 44.3 Å². The normalized spacial score (nSPS) is 17.3. The quantitative estimate of drug-likeness (QED) is 0.465. The van der Waals surface area contributed by atoms with E-state index in [-0.39, 0.29) is 30.5 Å². The number of aliphatic hydroxyl groups excluding tert-OH is 1. The van der Waals surface area contributed by atoms with Gasteiger partial charge >= 0.3 is 0 Å². The molecule has 35 heavy (non-hydrogen) atoms. The molecule has 4 rings (SSSR count). The monoisotopic (exact) mass is 498 g/mol. The van der Waals surface area contributed by atoms with E-state index >= 15 is 0 Å². The van der Waals surface area contributed by atoms with Gasteiger partial charge in [0, 0.05) is 37.5 Å². The zero-order valence-electron chi connectivity index (χ0n) is 19.8. The fourth-order valence-electron chi connectivity index (χ4n) is 4.32. The van der Waals surface area contributed by atoms with Gasteiger partial charge in [0.15, 0.2) is 6.61 Å². The molecule has 0 spiro atoms. The van der Waals surface area contributed by atoms with Gasteiger partial charge in [0.05, 0.1) is 30.3 Å². The molecule has 10 heteroatoms. The van der Waals surface area contributed by atoms with Crippen LogP contribution in [0.25, 0.3) is 10.8 Å². The molecule has 1 aromatic heterocycles. The number of likely N-dealkylation sites (N-methyl/N-ethyl adjacent to an activating group) is 1. The Morgan fingerprint density at radius 1 is 1.20 bits per heavy atom. The number of carbonyl (C=O) groups excluding carboxylic acids is 1. The van der Waals surface area contributed by atoms with Crippen LogP contribution in [0.2, 0.25) is 0 Å². The number of fused-ring (bicyclic) bond motifs is 1. The average molecular weight is 499 g/mol. The van der Waals surface area contributed by atoms with E-state index in [0.29, 0.717) is 29.5 Å². The van der Waals surface area contributed by atoms with Gasteiger partial charge < -0.3 is 14.7 Å². The number of sulfonamides is 1. The third-order valence-corrected chi connectivity index (χ3v) is 6.70. The summed E-state index contributed by atoms with van der Waals surface area (Å²) in [7, 11) is -1.73. The Labute approximate surface area is 205 Å². The lowest BCUT2D eigenvalue weighted by atomic mass is 10.0. The summed E-state index contributed by atoms with van der Waals surface area (Å²) < 4.78 is 31.7. The predicted octanol–water partition coefficient (Wildman–Crippen LogP) is 2.25. The highest BCUT2D eigenvalue weighted by atomic mass is 32.2. The van der Waals surface area contributed by atoms with Crippen LogP contribution in [0.3, 0.4) is 0 Å². The number of likely N-dealkylation sites (tertiary alicyclic amines) is 1. The molecule has 1 fully saturated rings. The average Bonchev–Trinajstić information content (AvgIpc) is 3.25. The van der Waals surface area contributed by atoms with E-state index in [1.807, 2.05) is 30.3 Å². The third kappa shape index (κ3) is 6.27. The first-order valence-corrected chi connectivity index (χ1v) is 13.3. The largest absolute Gasteiger partial charge is 0.467 e. The number of aliphatic hydroxyl groups is 1. The second-order valence-electron chi connectivity index (χ2n) is 8.82. The number of nitrogens with zero attached hydrogens (tertiary/aromatic N) is 3. The molecule has 2 heterocycles. The Morgan fingerprint density at radius 3 is 2.54 bits per heavy atom. The highest BCUT2D eigenvalue weighted by Crippen LogP contribution is 2.30. The Bertz CT molecular complexity index is 1290. The van der Waals surface area contributed by atoms with Crippen LogP contribution in [0, 0.1) is 0 Å². The molecular formula is C25H30N4O5S. The lowest BCUT2D eigenvalue weighted by Gasteiger charge is -2.32. The topological polar surface area (TPSA) is 112 Å². The van der Waals surface area contributed by atoms with Crippen molar-refractivity contribution < 1.29 is 23.1 Å². The van der Waals surface area contributed by atoms with Crippen LogP contribution in [0.15, 0.2) is 60.8 Å². The fourth-order valence-corrected chi connectivity index (χ4v) is 4.88. The lowest BCUT2D eigenvalue weighted by molar-refractivity contribution is -0.134. The molecule has 1 aliphatic heterocycles. The van der Waals surface area contributed by atoms with Crippen molar-refractivity contribution in [2.45, 2.75) is 18.6 Å². The third-order valence-electron chi connectivity index (χ3n) is 6.11. The van der Waals surface area contributed by atoms with E-state index in [4.69, 9.17) is 4.74 Å². The summed E-state index contributed by atoms with van der Waals surface area (Å²) in [6.07, 6.45) is 2.85. The highest BCUT2D eigenvalue weighted by Gasteiger charge is 2.28. The minimum absolute atomic E-state index is 0.205. The minimum Gasteiger partial charge on any atom is -0.467 e. The van der Waals surface area contributed by atoms with Crippen molar-refractivity contribution in [1.82, 2.24) is 14.8 Å². The lowest BCUT2D eigenvalue weighted by Crippen LogP contribution is -2.41. The van der Waals surface area contributed by atoms with E-state index in [0.717, 1.165) is 24.8 Å². The Kier molecular flexibility index (Phi) is 7.54. The van der Waals surface area contributed by atoms with Crippen molar-refractivity contribution >= 4 is 32.4 Å². The first kappa shape index (κ1) is 24.9. The van der Waals surface area contributed by atoms with Crippen LogP contribution in [0.1, 0.15) is 18.0 Å². The number of ether oxygens (including phenoxy) is 1. The predicted molar refractivity (Wildman–Crippen MR) is 135 cm³/mol. The number of hydrogen-bond donors (Lipinski definition) is 2. The summed E-state index contributed by atoms with van der Waals surface area (Å²) in [6.45, 7) is 1.76. The smallest absolute Gasteiger partial charge is 0.260 e. The molecule has 0 aliphatic carbocycles. The Morgan fingerprint density at radius 2 is 1.89 bits per heavy atom. The van der Waals surface area contributed by atoms with Gasteiger partial charge in [0.2, 0.25) is 15.9 Å². The molecule has 1 saturated heterocycles. The second kappa shape index (κ2) is 10.6. The van der Waals surface area contributed by atoms with Gasteiger partial charge in [0.1, 0.15) is 0 Å². The van der Waals surface area contributed by atoms with Gasteiger partial charge in [-0.2, -0.15) is 0 Å². The van der Waals surface area contributed by atoms with Crippen LogP contribution >= 0.6 is 0 Å². The van der Waals surface area contributed by atoms with Gasteiger partial charge in [0.25, 0.3) is 5.91 Å². The van der Waals surface area contributed by atoms with E-state index in [2.05, 4.69) is 14.6 Å². The maximum atomic E-state index is 13.2. The Hall–Kier alpha value is -3.21. The number of β-amino-alcohol motifs (C(OH)–C–C–N with tert-alkyl or cyclic N) is 1. The van der Waals surface area contributed by atoms with E-state index in [9.17, 15) is 18.3 Å². The number of amides is 1. The zero-order valence-corrected chi connectivity index (χ0v) is 20.6. The summed E-state index contributed by atoms with van der Waals surface area (Å²) in [5, 5.41) is 11.1. The maximum Gasteiger partial charge on any atom is 0.260 e. The molecule has 1 aliphatic rings. The van der Waals surface area contributed by atoms with Gasteiger partial charge in [-0.15, -0.1) is 0 Å². The molecule has 0 saturated carbocycles. The van der Waals surface area contributed by atoms with Crippen molar-refractivity contribution in [3.05, 3.63) is 66.4 Å². The van der Waals surface area contributed by atoms with Crippen LogP contribution in [0.5, 0.6) is 5.88 Å². The highest BCUT2D eigenvalue weighted by molar-refractivity contribution is 7.92. The second-order valence-corrected chi connectivity index (χ2v) is 10.6. The Balaban J connectivity index is 1.51. The number of benzene rings is 2. The molecule has 0 bridgehead atoms. The number of pyridine rings is 1. The van der Waals surface area contributed by atoms with E-state index in [1.165, 1.54) is 6.20 Å². The molecule has 9 nitrogen and oxygen atoms in total. The summed E-state index contributed by atoms with van der Waals surface area (Å²) in [5.41, 5.74) is 1.35. The van der Waals surface area contributed by atoms with Crippen LogP contribution < -0.4 is 9.46 Å². The fraction of sp³-hybridized carbons (Fsp3) is 0.360. The summed E-state index contributed by atoms with van der Waals surface area (Å²) in [6, 6.07) is 16.7. The summed E-state index contributed by atoms with van der Waals surface area (Å²) >= 11 is 0. The van der Waals surface area contributed by atoms with Crippen molar-refractivity contribution in [3.63, 3.8) is 0 Å².